The highest BCUT2D eigenvalue weighted by molar-refractivity contribution is 5.91. The zero-order valence-electron chi connectivity index (χ0n) is 10.7. The average molecular weight is 251 g/mol. The molecule has 5 heteroatoms. The highest BCUT2D eigenvalue weighted by atomic mass is 16.6. The van der Waals surface area contributed by atoms with Gasteiger partial charge in [0.1, 0.15) is 6.61 Å². The normalized spacial score (nSPS) is 11.7. The maximum absolute atomic E-state index is 11.6. The Morgan fingerprint density at radius 3 is 2.72 bits per heavy atom. The summed E-state index contributed by atoms with van der Waals surface area (Å²) in [4.78, 5) is 22.6. The number of nitrogens with one attached hydrogen (secondary N) is 1. The highest BCUT2D eigenvalue weighted by Crippen LogP contribution is 2.09. The Balaban J connectivity index is 2.41. The number of anilines is 1. The third-order valence-electron chi connectivity index (χ3n) is 2.30. The van der Waals surface area contributed by atoms with E-state index in [2.05, 4.69) is 10.1 Å². The van der Waals surface area contributed by atoms with E-state index in [1.807, 2.05) is 25.1 Å². The number of carbonyl (C=O) groups excluding carboxylic acids is 2. The van der Waals surface area contributed by atoms with Crippen LogP contribution in [0.5, 0.6) is 0 Å². The molecule has 0 saturated heterocycles. The van der Waals surface area contributed by atoms with Crippen molar-refractivity contribution >= 4 is 17.6 Å². The monoisotopic (exact) mass is 251 g/mol. The van der Waals surface area contributed by atoms with Crippen molar-refractivity contribution in [2.45, 2.75) is 20.0 Å². The first-order chi connectivity index (χ1) is 8.52. The van der Waals surface area contributed by atoms with Crippen LogP contribution >= 0.6 is 0 Å². The second kappa shape index (κ2) is 6.76. The van der Waals surface area contributed by atoms with Crippen molar-refractivity contribution in [3.05, 3.63) is 29.8 Å². The molecule has 0 fully saturated rings. The van der Waals surface area contributed by atoms with Crippen LogP contribution in [0.1, 0.15) is 12.5 Å². The van der Waals surface area contributed by atoms with E-state index in [1.54, 1.807) is 6.07 Å². The summed E-state index contributed by atoms with van der Waals surface area (Å²) in [5, 5.41) is 2.68. The molecular formula is C13H17NO4. The molecule has 5 nitrogen and oxygen atoms in total. The number of ether oxygens (including phenoxy) is 2. The molecule has 0 bridgehead atoms. The Kier molecular flexibility index (Phi) is 5.32. The number of hydrogen-bond acceptors (Lipinski definition) is 4. The SMILES string of the molecule is COC(=O)C(C)OCC(=O)Nc1cccc(C)c1. The molecule has 0 aliphatic heterocycles. The molecule has 18 heavy (non-hydrogen) atoms. The Morgan fingerprint density at radius 1 is 1.39 bits per heavy atom. The molecule has 0 aromatic heterocycles. The van der Waals surface area contributed by atoms with E-state index in [-0.39, 0.29) is 12.5 Å². The smallest absolute Gasteiger partial charge is 0.334 e. The van der Waals surface area contributed by atoms with E-state index in [0.717, 1.165) is 5.56 Å². The van der Waals surface area contributed by atoms with Gasteiger partial charge in [-0.25, -0.2) is 4.79 Å². The summed E-state index contributed by atoms with van der Waals surface area (Å²) in [6, 6.07) is 7.42. The summed E-state index contributed by atoms with van der Waals surface area (Å²) < 4.78 is 9.55. The maximum atomic E-state index is 11.6. The van der Waals surface area contributed by atoms with Crippen molar-refractivity contribution in [2.75, 3.05) is 19.0 Å². The quantitative estimate of drug-likeness (QED) is 0.806. The van der Waals surface area contributed by atoms with Gasteiger partial charge in [0.05, 0.1) is 7.11 Å². The van der Waals surface area contributed by atoms with Crippen LogP contribution in [0.2, 0.25) is 0 Å². The fourth-order valence-electron chi connectivity index (χ4n) is 1.35. The lowest BCUT2D eigenvalue weighted by Gasteiger charge is -2.11. The Bertz CT molecular complexity index is 431. The molecule has 1 N–H and O–H groups in total. The largest absolute Gasteiger partial charge is 0.467 e. The molecule has 0 spiro atoms. The third-order valence-corrected chi connectivity index (χ3v) is 2.30. The van der Waals surface area contributed by atoms with Gasteiger partial charge in [-0.05, 0) is 31.5 Å². The molecule has 1 amide bonds. The van der Waals surface area contributed by atoms with Crippen molar-refractivity contribution in [1.29, 1.82) is 0 Å². The van der Waals surface area contributed by atoms with Crippen molar-refractivity contribution in [2.24, 2.45) is 0 Å². The van der Waals surface area contributed by atoms with Crippen LogP contribution < -0.4 is 5.32 Å². The summed E-state index contributed by atoms with van der Waals surface area (Å²) in [5.41, 5.74) is 1.76. The van der Waals surface area contributed by atoms with Gasteiger partial charge in [0.2, 0.25) is 5.91 Å². The Labute approximate surface area is 106 Å². The van der Waals surface area contributed by atoms with E-state index in [9.17, 15) is 9.59 Å². The van der Waals surface area contributed by atoms with Crippen molar-refractivity contribution in [3.8, 4) is 0 Å². The Hall–Kier alpha value is -1.88. The number of methoxy groups -OCH3 is 1. The zero-order chi connectivity index (χ0) is 13.5. The molecule has 98 valence electrons. The lowest BCUT2D eigenvalue weighted by molar-refractivity contribution is -0.153. The number of carbonyl (C=O) groups is 2. The van der Waals surface area contributed by atoms with Crippen LogP contribution in [0.4, 0.5) is 5.69 Å². The number of amides is 1. The van der Waals surface area contributed by atoms with Crippen LogP contribution in [-0.2, 0) is 19.1 Å². The van der Waals surface area contributed by atoms with Gasteiger partial charge in [-0.3, -0.25) is 4.79 Å². The van der Waals surface area contributed by atoms with Gasteiger partial charge >= 0.3 is 5.97 Å². The molecule has 1 atom stereocenters. The van der Waals surface area contributed by atoms with Crippen molar-refractivity contribution < 1.29 is 19.1 Å². The number of esters is 1. The van der Waals surface area contributed by atoms with Crippen LogP contribution in [0.15, 0.2) is 24.3 Å². The first-order valence-corrected chi connectivity index (χ1v) is 5.59. The Morgan fingerprint density at radius 2 is 2.11 bits per heavy atom. The zero-order valence-corrected chi connectivity index (χ0v) is 10.7. The minimum absolute atomic E-state index is 0.190. The lowest BCUT2D eigenvalue weighted by atomic mass is 10.2. The van der Waals surface area contributed by atoms with E-state index < -0.39 is 12.1 Å². The number of hydrogen-bond donors (Lipinski definition) is 1. The molecule has 0 saturated carbocycles. The summed E-state index contributed by atoms with van der Waals surface area (Å²) in [5.74, 6) is -0.810. The third kappa shape index (κ3) is 4.55. The van der Waals surface area contributed by atoms with Crippen LogP contribution in [0, 0.1) is 6.92 Å². The molecule has 1 aromatic carbocycles. The van der Waals surface area contributed by atoms with Gasteiger partial charge in [0.15, 0.2) is 6.10 Å². The van der Waals surface area contributed by atoms with Crippen molar-refractivity contribution in [3.63, 3.8) is 0 Å². The molecule has 1 rings (SSSR count). The average Bonchev–Trinajstić information content (AvgIpc) is 2.35. The summed E-state index contributed by atoms with van der Waals surface area (Å²) in [6.07, 6.45) is -0.752. The number of benzene rings is 1. The van der Waals surface area contributed by atoms with Gasteiger partial charge in [-0.2, -0.15) is 0 Å². The molecule has 0 aliphatic carbocycles. The first-order valence-electron chi connectivity index (χ1n) is 5.59. The molecular weight excluding hydrogens is 234 g/mol. The molecule has 1 unspecified atom stereocenters. The molecule has 1 aromatic rings. The molecule has 0 radical (unpaired) electrons. The summed E-state index contributed by atoms with van der Waals surface area (Å²) in [6.45, 7) is 3.28. The van der Waals surface area contributed by atoms with E-state index >= 15 is 0 Å². The fourth-order valence-corrected chi connectivity index (χ4v) is 1.35. The van der Waals surface area contributed by atoms with Crippen LogP contribution in [0.3, 0.4) is 0 Å². The topological polar surface area (TPSA) is 64.6 Å². The summed E-state index contributed by atoms with van der Waals surface area (Å²) in [7, 11) is 1.27. The minimum Gasteiger partial charge on any atom is -0.467 e. The van der Waals surface area contributed by atoms with Gasteiger partial charge in [-0.15, -0.1) is 0 Å². The lowest BCUT2D eigenvalue weighted by Crippen LogP contribution is -2.27. The second-order valence-electron chi connectivity index (χ2n) is 3.89. The molecule has 0 aliphatic rings. The maximum Gasteiger partial charge on any atom is 0.334 e. The second-order valence-corrected chi connectivity index (χ2v) is 3.89. The van der Waals surface area contributed by atoms with Gasteiger partial charge in [-0.1, -0.05) is 12.1 Å². The predicted octanol–water partition coefficient (Wildman–Crippen LogP) is 1.51. The van der Waals surface area contributed by atoms with E-state index in [1.165, 1.54) is 14.0 Å². The minimum atomic E-state index is -0.752. The first kappa shape index (κ1) is 14.2. The summed E-state index contributed by atoms with van der Waals surface area (Å²) >= 11 is 0. The standard InChI is InChI=1S/C13H17NO4/c1-9-5-4-6-11(7-9)14-12(15)8-18-10(2)13(16)17-3/h4-7,10H,8H2,1-3H3,(H,14,15). The highest BCUT2D eigenvalue weighted by Gasteiger charge is 2.15. The number of aryl methyl sites for hydroxylation is 1. The van der Waals surface area contributed by atoms with E-state index in [4.69, 9.17) is 4.74 Å². The fraction of sp³-hybridized carbons (Fsp3) is 0.385. The van der Waals surface area contributed by atoms with Crippen LogP contribution in [0.25, 0.3) is 0 Å². The van der Waals surface area contributed by atoms with Crippen molar-refractivity contribution in [1.82, 2.24) is 0 Å². The predicted molar refractivity (Wildman–Crippen MR) is 67.2 cm³/mol. The number of rotatable bonds is 5. The van der Waals surface area contributed by atoms with Gasteiger partial charge in [0.25, 0.3) is 0 Å². The van der Waals surface area contributed by atoms with Gasteiger partial charge < -0.3 is 14.8 Å². The van der Waals surface area contributed by atoms with E-state index in [0.29, 0.717) is 5.69 Å². The van der Waals surface area contributed by atoms with Gasteiger partial charge in [0, 0.05) is 5.69 Å². The van der Waals surface area contributed by atoms with Crippen LogP contribution in [-0.4, -0.2) is 31.7 Å². The molecule has 0 heterocycles.